The molecule has 1 atom stereocenters. The average molecular weight is 387 g/mol. The van der Waals surface area contributed by atoms with E-state index in [1.807, 2.05) is 27.7 Å². The largest absolute Gasteiger partial charge is 0.573 e. The second-order valence-corrected chi connectivity index (χ2v) is 7.92. The number of nitrogens with one attached hydrogen (secondary N) is 1. The van der Waals surface area contributed by atoms with E-state index in [4.69, 9.17) is 0 Å². The van der Waals surface area contributed by atoms with Gasteiger partial charge < -0.3 is 10.1 Å². The van der Waals surface area contributed by atoms with Gasteiger partial charge in [0.05, 0.1) is 6.04 Å². The Balaban J connectivity index is 1.81. The molecule has 152 valence electrons. The zero-order valence-corrected chi connectivity index (χ0v) is 16.3. The maximum Gasteiger partial charge on any atom is 0.573 e. The molecule has 0 bridgehead atoms. The average Bonchev–Trinajstić information content (AvgIpc) is 2.54. The Kier molecular flexibility index (Phi) is 6.75. The highest BCUT2D eigenvalue weighted by molar-refractivity contribution is 5.81. The molecule has 1 aliphatic rings. The Morgan fingerprint density at radius 1 is 1.11 bits per heavy atom. The standard InChI is InChI=1S/C19H28F3N3O2/c1-14(17(26)23-18(2,3)4)25-11-9-24(10-12-25)13-15-5-7-16(8-6-15)27-19(20,21)22/h5-8,14H,9-13H2,1-4H3,(H,23,26). The van der Waals surface area contributed by atoms with Crippen LogP contribution in [-0.4, -0.2) is 59.8 Å². The molecule has 1 aliphatic heterocycles. The third kappa shape index (κ3) is 7.38. The number of carbonyl (C=O) groups excluding carboxylic acids is 1. The Morgan fingerprint density at radius 2 is 1.67 bits per heavy atom. The fraction of sp³-hybridized carbons (Fsp3) is 0.632. The van der Waals surface area contributed by atoms with Crippen LogP contribution in [0.5, 0.6) is 5.75 Å². The van der Waals surface area contributed by atoms with Crippen molar-refractivity contribution in [3.05, 3.63) is 29.8 Å². The number of ether oxygens (including phenoxy) is 1. The van der Waals surface area contributed by atoms with Gasteiger partial charge in [-0.05, 0) is 45.4 Å². The molecule has 27 heavy (non-hydrogen) atoms. The zero-order chi connectivity index (χ0) is 20.2. The molecule has 5 nitrogen and oxygen atoms in total. The van der Waals surface area contributed by atoms with Crippen molar-refractivity contribution in [1.29, 1.82) is 0 Å². The summed E-state index contributed by atoms with van der Waals surface area (Å²) in [6, 6.07) is 5.76. The van der Waals surface area contributed by atoms with E-state index in [1.54, 1.807) is 12.1 Å². The molecule has 1 amide bonds. The number of rotatable bonds is 5. The van der Waals surface area contributed by atoms with Crippen molar-refractivity contribution in [1.82, 2.24) is 15.1 Å². The second-order valence-electron chi connectivity index (χ2n) is 7.92. The van der Waals surface area contributed by atoms with Crippen molar-refractivity contribution < 1.29 is 22.7 Å². The summed E-state index contributed by atoms with van der Waals surface area (Å²) in [4.78, 5) is 16.7. The van der Waals surface area contributed by atoms with Crippen molar-refractivity contribution >= 4 is 5.91 Å². The number of piperazine rings is 1. The molecular formula is C19H28F3N3O2. The molecule has 1 fully saturated rings. The highest BCUT2D eigenvalue weighted by Crippen LogP contribution is 2.23. The predicted molar refractivity (Wildman–Crippen MR) is 97.3 cm³/mol. The van der Waals surface area contributed by atoms with E-state index < -0.39 is 6.36 Å². The number of carbonyl (C=O) groups is 1. The second kappa shape index (κ2) is 8.48. The van der Waals surface area contributed by atoms with Crippen LogP contribution in [0.2, 0.25) is 0 Å². The van der Waals surface area contributed by atoms with Gasteiger partial charge in [-0.15, -0.1) is 13.2 Å². The number of benzene rings is 1. The van der Waals surface area contributed by atoms with Gasteiger partial charge in [-0.2, -0.15) is 0 Å². The Bertz CT molecular complexity index is 619. The molecule has 1 heterocycles. The van der Waals surface area contributed by atoms with Crippen LogP contribution >= 0.6 is 0 Å². The monoisotopic (exact) mass is 387 g/mol. The summed E-state index contributed by atoms with van der Waals surface area (Å²) in [5.41, 5.74) is 0.673. The molecule has 0 radical (unpaired) electrons. The molecule has 1 saturated heterocycles. The normalized spacial score (nSPS) is 18.2. The summed E-state index contributed by atoms with van der Waals surface area (Å²) in [5.74, 6) is -0.189. The van der Waals surface area contributed by atoms with E-state index in [0.717, 1.165) is 31.7 Å². The Hall–Kier alpha value is -1.80. The van der Waals surface area contributed by atoms with Gasteiger partial charge in [-0.1, -0.05) is 12.1 Å². The van der Waals surface area contributed by atoms with E-state index >= 15 is 0 Å². The van der Waals surface area contributed by atoms with Crippen molar-refractivity contribution in [3.8, 4) is 5.75 Å². The van der Waals surface area contributed by atoms with Crippen LogP contribution < -0.4 is 10.1 Å². The quantitative estimate of drug-likeness (QED) is 0.844. The fourth-order valence-corrected chi connectivity index (χ4v) is 3.00. The number of hydrogen-bond acceptors (Lipinski definition) is 4. The first kappa shape index (κ1) is 21.5. The van der Waals surface area contributed by atoms with Gasteiger partial charge in [-0.3, -0.25) is 14.6 Å². The summed E-state index contributed by atoms with van der Waals surface area (Å²) >= 11 is 0. The van der Waals surface area contributed by atoms with E-state index in [9.17, 15) is 18.0 Å². The van der Waals surface area contributed by atoms with E-state index in [1.165, 1.54) is 12.1 Å². The van der Waals surface area contributed by atoms with Crippen molar-refractivity contribution in [3.63, 3.8) is 0 Å². The third-order valence-corrected chi connectivity index (χ3v) is 4.40. The van der Waals surface area contributed by atoms with Crippen molar-refractivity contribution in [2.45, 2.75) is 52.2 Å². The minimum absolute atomic E-state index is 0.0243. The number of halogens is 3. The molecule has 0 saturated carbocycles. The zero-order valence-electron chi connectivity index (χ0n) is 16.3. The maximum atomic E-state index is 12.3. The van der Waals surface area contributed by atoms with Gasteiger partial charge in [-0.25, -0.2) is 0 Å². The van der Waals surface area contributed by atoms with Gasteiger partial charge in [0.15, 0.2) is 0 Å². The molecular weight excluding hydrogens is 359 g/mol. The molecule has 1 unspecified atom stereocenters. The summed E-state index contributed by atoms with van der Waals surface area (Å²) in [6.07, 6.45) is -4.67. The number of nitrogens with zero attached hydrogens (tertiary/aromatic N) is 2. The Morgan fingerprint density at radius 3 is 2.15 bits per heavy atom. The van der Waals surface area contributed by atoms with Gasteiger partial charge in [0.2, 0.25) is 5.91 Å². The lowest BCUT2D eigenvalue weighted by atomic mass is 10.1. The van der Waals surface area contributed by atoms with Crippen LogP contribution in [0.1, 0.15) is 33.3 Å². The van der Waals surface area contributed by atoms with Crippen LogP contribution in [-0.2, 0) is 11.3 Å². The molecule has 0 aliphatic carbocycles. The lowest BCUT2D eigenvalue weighted by Crippen LogP contribution is -2.56. The molecule has 8 heteroatoms. The first-order chi connectivity index (χ1) is 12.4. The van der Waals surface area contributed by atoms with Crippen LogP contribution in [0, 0.1) is 0 Å². The van der Waals surface area contributed by atoms with E-state index in [-0.39, 0.29) is 23.2 Å². The maximum absolute atomic E-state index is 12.3. The molecule has 1 aromatic carbocycles. The van der Waals surface area contributed by atoms with Gasteiger partial charge in [0, 0.05) is 38.3 Å². The van der Waals surface area contributed by atoms with Gasteiger partial charge in [0.1, 0.15) is 5.75 Å². The third-order valence-electron chi connectivity index (χ3n) is 4.40. The SMILES string of the molecule is CC(C(=O)NC(C)(C)C)N1CCN(Cc2ccc(OC(F)(F)F)cc2)CC1. The summed E-state index contributed by atoms with van der Waals surface area (Å²) in [7, 11) is 0. The fourth-order valence-electron chi connectivity index (χ4n) is 3.00. The van der Waals surface area contributed by atoms with E-state index in [0.29, 0.717) is 6.54 Å². The summed E-state index contributed by atoms with van der Waals surface area (Å²) in [5, 5.41) is 3.00. The lowest BCUT2D eigenvalue weighted by Gasteiger charge is -2.38. The number of hydrogen-bond donors (Lipinski definition) is 1. The lowest BCUT2D eigenvalue weighted by molar-refractivity contribution is -0.274. The number of alkyl halides is 3. The summed E-state index contributed by atoms with van der Waals surface area (Å²) < 4.78 is 40.5. The number of amides is 1. The minimum atomic E-state index is -4.67. The minimum Gasteiger partial charge on any atom is -0.406 e. The Labute approximate surface area is 158 Å². The summed E-state index contributed by atoms with van der Waals surface area (Å²) in [6.45, 7) is 11.6. The molecule has 1 aromatic rings. The van der Waals surface area contributed by atoms with E-state index in [2.05, 4.69) is 19.9 Å². The molecule has 1 N–H and O–H groups in total. The van der Waals surface area contributed by atoms with Crippen LogP contribution in [0.25, 0.3) is 0 Å². The first-order valence-electron chi connectivity index (χ1n) is 9.06. The van der Waals surface area contributed by atoms with Crippen LogP contribution in [0.3, 0.4) is 0 Å². The predicted octanol–water partition coefficient (Wildman–Crippen LogP) is 3.01. The molecule has 0 aromatic heterocycles. The van der Waals surface area contributed by atoms with Crippen LogP contribution in [0.15, 0.2) is 24.3 Å². The highest BCUT2D eigenvalue weighted by atomic mass is 19.4. The van der Waals surface area contributed by atoms with Gasteiger partial charge in [0.25, 0.3) is 0 Å². The van der Waals surface area contributed by atoms with Crippen molar-refractivity contribution in [2.75, 3.05) is 26.2 Å². The van der Waals surface area contributed by atoms with Crippen LogP contribution in [0.4, 0.5) is 13.2 Å². The smallest absolute Gasteiger partial charge is 0.406 e. The molecule has 0 spiro atoms. The highest BCUT2D eigenvalue weighted by Gasteiger charge is 2.31. The van der Waals surface area contributed by atoms with Gasteiger partial charge >= 0.3 is 6.36 Å². The topological polar surface area (TPSA) is 44.8 Å². The molecule has 2 rings (SSSR count). The first-order valence-corrected chi connectivity index (χ1v) is 9.06. The van der Waals surface area contributed by atoms with Crippen molar-refractivity contribution in [2.24, 2.45) is 0 Å².